The molecule has 0 aliphatic rings. The number of carbonyl (C=O) groups is 1. The lowest BCUT2D eigenvalue weighted by Crippen LogP contribution is -2.52. The van der Waals surface area contributed by atoms with E-state index in [2.05, 4.69) is 5.32 Å². The molecule has 1 aromatic rings. The average Bonchev–Trinajstić information content (AvgIpc) is 2.35. The van der Waals surface area contributed by atoms with E-state index < -0.39 is 5.54 Å². The molecule has 1 N–H and O–H groups in total. The standard InChI is InChI=1S/C14H21NO2/c1-5-14(13(16)17-4,15-11(2)3)12-9-7-6-8-10-12/h6-11,15H,5H2,1-4H3. The van der Waals surface area contributed by atoms with E-state index in [0.29, 0.717) is 6.42 Å². The van der Waals surface area contributed by atoms with Crippen LogP contribution in [0.15, 0.2) is 30.3 Å². The lowest BCUT2D eigenvalue weighted by atomic mass is 9.86. The maximum absolute atomic E-state index is 12.1. The molecule has 0 bridgehead atoms. The molecule has 3 nitrogen and oxygen atoms in total. The van der Waals surface area contributed by atoms with Gasteiger partial charge < -0.3 is 4.74 Å². The van der Waals surface area contributed by atoms with Gasteiger partial charge in [-0.25, -0.2) is 4.79 Å². The second-order valence-corrected chi connectivity index (χ2v) is 4.42. The zero-order valence-corrected chi connectivity index (χ0v) is 11.0. The molecule has 17 heavy (non-hydrogen) atoms. The number of ether oxygens (including phenoxy) is 1. The number of carbonyl (C=O) groups excluding carboxylic acids is 1. The van der Waals surface area contributed by atoms with Crippen molar-refractivity contribution in [1.29, 1.82) is 0 Å². The van der Waals surface area contributed by atoms with Crippen molar-refractivity contribution in [3.63, 3.8) is 0 Å². The molecule has 0 aliphatic heterocycles. The normalized spacial score (nSPS) is 14.4. The van der Waals surface area contributed by atoms with Crippen molar-refractivity contribution in [2.24, 2.45) is 0 Å². The number of rotatable bonds is 5. The molecular weight excluding hydrogens is 214 g/mol. The fourth-order valence-corrected chi connectivity index (χ4v) is 2.10. The SMILES string of the molecule is CCC(NC(C)C)(C(=O)OC)c1ccccc1. The minimum atomic E-state index is -0.746. The number of hydrogen-bond acceptors (Lipinski definition) is 3. The summed E-state index contributed by atoms with van der Waals surface area (Å²) in [6.45, 7) is 6.03. The summed E-state index contributed by atoms with van der Waals surface area (Å²) in [7, 11) is 1.43. The monoisotopic (exact) mass is 235 g/mol. The Morgan fingerprint density at radius 1 is 1.35 bits per heavy atom. The van der Waals surface area contributed by atoms with Crippen molar-refractivity contribution >= 4 is 5.97 Å². The van der Waals surface area contributed by atoms with Crippen molar-refractivity contribution in [3.8, 4) is 0 Å². The summed E-state index contributed by atoms with van der Waals surface area (Å²) in [5.41, 5.74) is 0.201. The van der Waals surface area contributed by atoms with Gasteiger partial charge in [0.15, 0.2) is 0 Å². The predicted octanol–water partition coefficient (Wildman–Crippen LogP) is 2.46. The molecule has 3 heteroatoms. The van der Waals surface area contributed by atoms with E-state index in [1.165, 1.54) is 7.11 Å². The van der Waals surface area contributed by atoms with E-state index >= 15 is 0 Å². The Labute approximate surface area is 103 Å². The second-order valence-electron chi connectivity index (χ2n) is 4.42. The van der Waals surface area contributed by atoms with Crippen LogP contribution in [0.5, 0.6) is 0 Å². The van der Waals surface area contributed by atoms with Gasteiger partial charge in [0.2, 0.25) is 0 Å². The van der Waals surface area contributed by atoms with Crippen LogP contribution >= 0.6 is 0 Å². The molecule has 0 amide bonds. The first-order chi connectivity index (χ1) is 8.06. The van der Waals surface area contributed by atoms with Crippen molar-refractivity contribution < 1.29 is 9.53 Å². The van der Waals surface area contributed by atoms with Gasteiger partial charge in [-0.15, -0.1) is 0 Å². The van der Waals surface area contributed by atoms with Gasteiger partial charge in [-0.1, -0.05) is 37.3 Å². The molecule has 1 rings (SSSR count). The summed E-state index contributed by atoms with van der Waals surface area (Å²) in [6.07, 6.45) is 0.655. The molecule has 1 aromatic carbocycles. The van der Waals surface area contributed by atoms with Crippen LogP contribution in [0.3, 0.4) is 0 Å². The maximum atomic E-state index is 12.1. The van der Waals surface area contributed by atoms with Crippen LogP contribution in [0.4, 0.5) is 0 Å². The highest BCUT2D eigenvalue weighted by molar-refractivity contribution is 5.82. The van der Waals surface area contributed by atoms with E-state index in [-0.39, 0.29) is 12.0 Å². The van der Waals surface area contributed by atoms with Crippen molar-refractivity contribution in [3.05, 3.63) is 35.9 Å². The van der Waals surface area contributed by atoms with Crippen LogP contribution in [0, 0.1) is 0 Å². The largest absolute Gasteiger partial charge is 0.467 e. The van der Waals surface area contributed by atoms with E-state index in [0.717, 1.165) is 5.56 Å². The zero-order valence-electron chi connectivity index (χ0n) is 11.0. The van der Waals surface area contributed by atoms with Gasteiger partial charge in [0, 0.05) is 6.04 Å². The lowest BCUT2D eigenvalue weighted by molar-refractivity contribution is -0.149. The van der Waals surface area contributed by atoms with Gasteiger partial charge in [0.05, 0.1) is 7.11 Å². The molecule has 0 spiro atoms. The number of benzene rings is 1. The Kier molecular flexibility index (Phi) is 4.70. The van der Waals surface area contributed by atoms with E-state index in [1.807, 2.05) is 51.1 Å². The molecule has 1 atom stereocenters. The second kappa shape index (κ2) is 5.82. The molecule has 0 aliphatic carbocycles. The highest BCUT2D eigenvalue weighted by atomic mass is 16.5. The van der Waals surface area contributed by atoms with Gasteiger partial charge in [-0.2, -0.15) is 0 Å². The summed E-state index contributed by atoms with van der Waals surface area (Å²) in [6, 6.07) is 9.92. The summed E-state index contributed by atoms with van der Waals surface area (Å²) in [5.74, 6) is -0.236. The Balaban J connectivity index is 3.21. The number of esters is 1. The van der Waals surface area contributed by atoms with Gasteiger partial charge >= 0.3 is 5.97 Å². The summed E-state index contributed by atoms with van der Waals surface area (Å²) >= 11 is 0. The molecule has 1 unspecified atom stereocenters. The van der Waals surface area contributed by atoms with Crippen LogP contribution in [-0.2, 0) is 15.1 Å². The molecule has 0 saturated heterocycles. The van der Waals surface area contributed by atoms with Crippen molar-refractivity contribution in [2.75, 3.05) is 7.11 Å². The van der Waals surface area contributed by atoms with Gasteiger partial charge in [-0.05, 0) is 25.8 Å². The van der Waals surface area contributed by atoms with E-state index in [4.69, 9.17) is 4.74 Å². The highest BCUT2D eigenvalue weighted by Gasteiger charge is 2.39. The van der Waals surface area contributed by atoms with Crippen LogP contribution in [0.2, 0.25) is 0 Å². The Morgan fingerprint density at radius 2 is 1.94 bits per heavy atom. The number of hydrogen-bond donors (Lipinski definition) is 1. The Bertz CT molecular complexity index is 362. The quantitative estimate of drug-likeness (QED) is 0.797. The predicted molar refractivity (Wildman–Crippen MR) is 68.7 cm³/mol. The fraction of sp³-hybridized carbons (Fsp3) is 0.500. The average molecular weight is 235 g/mol. The first kappa shape index (κ1) is 13.7. The van der Waals surface area contributed by atoms with Gasteiger partial charge in [-0.3, -0.25) is 5.32 Å². The van der Waals surface area contributed by atoms with Crippen LogP contribution < -0.4 is 5.32 Å². The van der Waals surface area contributed by atoms with E-state index in [1.54, 1.807) is 0 Å². The number of methoxy groups -OCH3 is 1. The molecule has 0 aromatic heterocycles. The first-order valence-electron chi connectivity index (χ1n) is 5.98. The molecule has 0 saturated carbocycles. The third kappa shape index (κ3) is 2.86. The lowest BCUT2D eigenvalue weighted by Gasteiger charge is -2.33. The molecule has 0 heterocycles. The smallest absolute Gasteiger partial charge is 0.330 e. The molecule has 94 valence electrons. The fourth-order valence-electron chi connectivity index (χ4n) is 2.10. The third-order valence-corrected chi connectivity index (χ3v) is 2.87. The van der Waals surface area contributed by atoms with Crippen molar-refractivity contribution in [1.82, 2.24) is 5.32 Å². The van der Waals surface area contributed by atoms with Crippen LogP contribution in [0.1, 0.15) is 32.8 Å². The third-order valence-electron chi connectivity index (χ3n) is 2.87. The van der Waals surface area contributed by atoms with Crippen molar-refractivity contribution in [2.45, 2.75) is 38.8 Å². The molecule has 0 radical (unpaired) electrons. The topological polar surface area (TPSA) is 38.3 Å². The maximum Gasteiger partial charge on any atom is 0.330 e. The Morgan fingerprint density at radius 3 is 2.35 bits per heavy atom. The minimum absolute atomic E-state index is 0.203. The summed E-state index contributed by atoms with van der Waals surface area (Å²) in [4.78, 5) is 12.1. The number of nitrogens with one attached hydrogen (secondary N) is 1. The summed E-state index contributed by atoms with van der Waals surface area (Å²) in [5, 5.41) is 3.34. The van der Waals surface area contributed by atoms with Gasteiger partial charge in [0.25, 0.3) is 0 Å². The minimum Gasteiger partial charge on any atom is -0.467 e. The molecule has 0 fully saturated rings. The zero-order chi connectivity index (χ0) is 12.9. The summed E-state index contributed by atoms with van der Waals surface area (Å²) < 4.78 is 4.96. The van der Waals surface area contributed by atoms with Crippen LogP contribution in [-0.4, -0.2) is 19.1 Å². The molecular formula is C14H21NO2. The van der Waals surface area contributed by atoms with Gasteiger partial charge in [0.1, 0.15) is 5.54 Å². The highest BCUT2D eigenvalue weighted by Crippen LogP contribution is 2.27. The van der Waals surface area contributed by atoms with Crippen LogP contribution in [0.25, 0.3) is 0 Å². The van der Waals surface area contributed by atoms with E-state index in [9.17, 15) is 4.79 Å². The first-order valence-corrected chi connectivity index (χ1v) is 5.98. The Hall–Kier alpha value is -1.35.